The number of rotatable bonds is 2. The second-order valence-corrected chi connectivity index (χ2v) is 7.80. The average Bonchev–Trinajstić information content (AvgIpc) is 2.89. The first-order valence-corrected chi connectivity index (χ1v) is 8.96. The number of hydrogen-bond acceptors (Lipinski definition) is 2. The van der Waals surface area contributed by atoms with Gasteiger partial charge in [-0.3, -0.25) is 0 Å². The predicted octanol–water partition coefficient (Wildman–Crippen LogP) is 4.80. The van der Waals surface area contributed by atoms with E-state index in [2.05, 4.69) is 28.1 Å². The third kappa shape index (κ3) is 3.07. The van der Waals surface area contributed by atoms with Gasteiger partial charge in [0.25, 0.3) is 0 Å². The quantitative estimate of drug-likeness (QED) is 0.621. The van der Waals surface area contributed by atoms with E-state index in [-0.39, 0.29) is 5.30 Å². The number of carbonyl (C=O) groups is 1. The fourth-order valence-electron chi connectivity index (χ4n) is 2.30. The molecule has 0 fully saturated rings. The minimum Gasteiger partial charge on any atom is -0.454 e. The summed E-state index contributed by atoms with van der Waals surface area (Å²) in [7, 11) is -0.724. The van der Waals surface area contributed by atoms with Crippen LogP contribution < -0.4 is 0 Å². The molecule has 3 rings (SSSR count). The van der Waals surface area contributed by atoms with Gasteiger partial charge in [0, 0.05) is 16.0 Å². The number of ether oxygens (including phenoxy) is 1. The fraction of sp³-hybridized carbons (Fsp3) is 0.188. The van der Waals surface area contributed by atoms with E-state index in [1.54, 1.807) is 0 Å². The molecule has 2 aromatic carbocycles. The summed E-state index contributed by atoms with van der Waals surface area (Å²) in [5, 5.41) is -0.0313. The molecule has 0 amide bonds. The Morgan fingerprint density at radius 2 is 1.85 bits per heavy atom. The first-order valence-electron chi connectivity index (χ1n) is 6.45. The van der Waals surface area contributed by atoms with E-state index in [9.17, 15) is 4.79 Å². The lowest BCUT2D eigenvalue weighted by atomic mass is 10.1. The zero-order valence-corrected chi connectivity index (χ0v) is 13.4. The molecule has 0 N–H and O–H groups in total. The Hall–Kier alpha value is -1.26. The molecule has 0 aliphatic carbocycles. The van der Waals surface area contributed by atoms with Gasteiger partial charge in [-0.25, -0.2) is 4.79 Å². The summed E-state index contributed by atoms with van der Waals surface area (Å²) in [6.45, 7) is 0.374. The molecule has 104 valence electrons. The number of benzene rings is 2. The fourth-order valence-corrected chi connectivity index (χ4v) is 4.75. The van der Waals surface area contributed by atoms with Gasteiger partial charge in [0.15, 0.2) is 0 Å². The Morgan fingerprint density at radius 1 is 1.10 bits per heavy atom. The highest BCUT2D eigenvalue weighted by atomic mass is 79.9. The normalized spacial score (nSPS) is 18.6. The minimum atomic E-state index is -0.724. The molecule has 1 heterocycles. The topological polar surface area (TPSA) is 26.3 Å². The van der Waals surface area contributed by atoms with Gasteiger partial charge in [-0.15, -0.1) is 10.9 Å². The Bertz CT molecular complexity index is 628. The average molecular weight is 351 g/mol. The summed E-state index contributed by atoms with van der Waals surface area (Å²) in [6.07, 6.45) is 0. The molecular weight excluding hydrogens is 336 g/mol. The second kappa shape index (κ2) is 6.02. The van der Waals surface area contributed by atoms with Crippen molar-refractivity contribution in [2.75, 3.05) is 0 Å². The van der Waals surface area contributed by atoms with Crippen LogP contribution in [0.25, 0.3) is 0 Å². The lowest BCUT2D eigenvalue weighted by Crippen LogP contribution is -2.03. The summed E-state index contributed by atoms with van der Waals surface area (Å²) in [6, 6.07) is 16.1. The van der Waals surface area contributed by atoms with Gasteiger partial charge in [-0.1, -0.05) is 52.3 Å². The van der Waals surface area contributed by atoms with Crippen molar-refractivity contribution in [1.29, 1.82) is 0 Å². The standard InChI is InChI=1S/C16H15BrO2S/c17-15-7-6-13-10-20(11-14(13)8-15)16(18)19-9-12-4-2-1-3-5-12/h1-8,20H,9-11H2. The predicted molar refractivity (Wildman–Crippen MR) is 87.2 cm³/mol. The third-order valence-electron chi connectivity index (χ3n) is 3.35. The highest BCUT2D eigenvalue weighted by Crippen LogP contribution is 2.45. The number of fused-ring (bicyclic) bond motifs is 1. The molecule has 0 saturated carbocycles. The van der Waals surface area contributed by atoms with Crippen LogP contribution >= 0.6 is 26.8 Å². The van der Waals surface area contributed by atoms with E-state index >= 15 is 0 Å². The van der Waals surface area contributed by atoms with Crippen LogP contribution in [-0.2, 0) is 22.8 Å². The van der Waals surface area contributed by atoms with Crippen molar-refractivity contribution in [3.63, 3.8) is 0 Å². The summed E-state index contributed by atoms with van der Waals surface area (Å²) in [4.78, 5) is 12.2. The van der Waals surface area contributed by atoms with Crippen LogP contribution in [0.3, 0.4) is 0 Å². The number of thiol groups is 1. The van der Waals surface area contributed by atoms with Gasteiger partial charge >= 0.3 is 5.30 Å². The first kappa shape index (κ1) is 13.7. The van der Waals surface area contributed by atoms with Crippen molar-refractivity contribution < 1.29 is 9.53 Å². The van der Waals surface area contributed by atoms with Crippen molar-refractivity contribution >= 4 is 32.1 Å². The second-order valence-electron chi connectivity index (χ2n) is 4.81. The zero-order chi connectivity index (χ0) is 13.9. The van der Waals surface area contributed by atoms with Crippen LogP contribution in [-0.4, -0.2) is 5.30 Å². The molecule has 1 atom stereocenters. The van der Waals surface area contributed by atoms with E-state index in [1.165, 1.54) is 11.1 Å². The molecular formula is C16H15BrO2S. The summed E-state index contributed by atoms with van der Waals surface area (Å²) in [5.74, 6) is 1.70. The van der Waals surface area contributed by atoms with Gasteiger partial charge in [-0.05, 0) is 28.8 Å². The summed E-state index contributed by atoms with van der Waals surface area (Å²) >= 11 is 3.47. The molecule has 2 aromatic rings. The molecule has 1 aliphatic heterocycles. The van der Waals surface area contributed by atoms with Crippen molar-refractivity contribution in [2.45, 2.75) is 18.1 Å². The number of halogens is 1. The lowest BCUT2D eigenvalue weighted by Gasteiger charge is -2.13. The molecule has 2 nitrogen and oxygen atoms in total. The van der Waals surface area contributed by atoms with Crippen LogP contribution in [0.15, 0.2) is 53.0 Å². The van der Waals surface area contributed by atoms with Crippen LogP contribution in [0.5, 0.6) is 0 Å². The molecule has 1 aliphatic rings. The Morgan fingerprint density at radius 3 is 2.65 bits per heavy atom. The van der Waals surface area contributed by atoms with Gasteiger partial charge in [-0.2, -0.15) is 0 Å². The Kier molecular flexibility index (Phi) is 4.13. The van der Waals surface area contributed by atoms with Crippen LogP contribution in [0.1, 0.15) is 16.7 Å². The largest absolute Gasteiger partial charge is 0.454 e. The number of carbonyl (C=O) groups excluding carboxylic acids is 1. The van der Waals surface area contributed by atoms with Gasteiger partial charge < -0.3 is 4.74 Å². The van der Waals surface area contributed by atoms with E-state index in [0.29, 0.717) is 6.61 Å². The molecule has 0 spiro atoms. The highest BCUT2D eigenvalue weighted by molar-refractivity contribution is 9.10. The van der Waals surface area contributed by atoms with E-state index in [4.69, 9.17) is 4.74 Å². The van der Waals surface area contributed by atoms with Crippen molar-refractivity contribution in [3.8, 4) is 0 Å². The highest BCUT2D eigenvalue weighted by Gasteiger charge is 2.25. The van der Waals surface area contributed by atoms with E-state index in [0.717, 1.165) is 21.5 Å². The lowest BCUT2D eigenvalue weighted by molar-refractivity contribution is 0.168. The van der Waals surface area contributed by atoms with E-state index in [1.807, 2.05) is 36.4 Å². The minimum absolute atomic E-state index is 0.0313. The van der Waals surface area contributed by atoms with Crippen LogP contribution in [0, 0.1) is 0 Å². The van der Waals surface area contributed by atoms with Gasteiger partial charge in [0.05, 0.1) is 0 Å². The first-order chi connectivity index (χ1) is 9.72. The third-order valence-corrected chi connectivity index (χ3v) is 5.94. The van der Waals surface area contributed by atoms with Gasteiger partial charge in [0.2, 0.25) is 0 Å². The molecule has 4 heteroatoms. The summed E-state index contributed by atoms with van der Waals surface area (Å²) in [5.41, 5.74) is 3.61. The monoisotopic (exact) mass is 350 g/mol. The SMILES string of the molecule is O=C(OCc1ccccc1)[SH]1Cc2ccc(Br)cc2C1. The molecule has 20 heavy (non-hydrogen) atoms. The molecule has 0 bridgehead atoms. The smallest absolute Gasteiger partial charge is 0.347 e. The van der Waals surface area contributed by atoms with E-state index < -0.39 is 10.9 Å². The summed E-state index contributed by atoms with van der Waals surface area (Å²) < 4.78 is 6.53. The Balaban J connectivity index is 1.60. The van der Waals surface area contributed by atoms with Crippen molar-refractivity contribution in [1.82, 2.24) is 0 Å². The molecule has 0 radical (unpaired) electrons. The van der Waals surface area contributed by atoms with Crippen molar-refractivity contribution in [2.24, 2.45) is 0 Å². The molecule has 1 unspecified atom stereocenters. The van der Waals surface area contributed by atoms with Crippen LogP contribution in [0.2, 0.25) is 0 Å². The molecule has 0 aromatic heterocycles. The zero-order valence-electron chi connectivity index (χ0n) is 10.9. The maximum Gasteiger partial charge on any atom is 0.347 e. The van der Waals surface area contributed by atoms with Crippen LogP contribution in [0.4, 0.5) is 4.79 Å². The maximum atomic E-state index is 12.2. The Labute approximate surface area is 129 Å². The number of hydrogen-bond donors (Lipinski definition) is 1. The molecule has 0 saturated heterocycles. The van der Waals surface area contributed by atoms with Gasteiger partial charge in [0.1, 0.15) is 6.61 Å². The maximum absolute atomic E-state index is 12.2. The van der Waals surface area contributed by atoms with Crippen molar-refractivity contribution in [3.05, 3.63) is 69.7 Å².